The third kappa shape index (κ3) is 7.08. The lowest BCUT2D eigenvalue weighted by molar-refractivity contribution is -0.155. The molecule has 0 saturated carbocycles. The smallest absolute Gasteiger partial charge is 0.423 e. The van der Waals surface area contributed by atoms with Crippen LogP contribution in [0.5, 0.6) is 17.2 Å². The number of carbonyl (C=O) groups excluding carboxylic acids is 3. The number of ketones is 1. The molecule has 2 bridgehead atoms. The normalized spacial score (nSPS) is 12.9. The van der Waals surface area contributed by atoms with E-state index in [4.69, 9.17) is 24.4 Å². The van der Waals surface area contributed by atoms with Crippen molar-refractivity contribution in [2.75, 3.05) is 32.0 Å². The molecule has 220 valence electrons. The molecule has 0 spiro atoms. The van der Waals surface area contributed by atoms with Crippen molar-refractivity contribution in [3.8, 4) is 17.2 Å². The Morgan fingerprint density at radius 1 is 0.878 bits per heavy atom. The minimum absolute atomic E-state index is 0.0414. The minimum atomic E-state index is -1.21. The number of aryl methyl sites for hydroxylation is 1. The number of nitrogen functional groups attached to an aromatic ring is 1. The second-order valence-electron chi connectivity index (χ2n) is 10.4. The Morgan fingerprint density at radius 2 is 1.51 bits per heavy atom. The Bertz CT molecular complexity index is 1370. The van der Waals surface area contributed by atoms with Crippen molar-refractivity contribution in [2.45, 2.75) is 72.1 Å². The summed E-state index contributed by atoms with van der Waals surface area (Å²) in [6, 6.07) is 8.40. The van der Waals surface area contributed by atoms with Gasteiger partial charge in [-0.1, -0.05) is 40.0 Å². The summed E-state index contributed by atoms with van der Waals surface area (Å²) < 4.78 is 22.3. The van der Waals surface area contributed by atoms with Gasteiger partial charge in [0.15, 0.2) is 17.3 Å². The number of unbranched alkanes of at least 4 members (excludes halogenated alkanes) is 3. The van der Waals surface area contributed by atoms with E-state index < -0.39 is 11.9 Å². The summed E-state index contributed by atoms with van der Waals surface area (Å²) in [5.41, 5.74) is 7.07. The van der Waals surface area contributed by atoms with E-state index in [0.717, 1.165) is 38.9 Å². The predicted octanol–water partition coefficient (Wildman–Crippen LogP) is 6.08. The van der Waals surface area contributed by atoms with Gasteiger partial charge < -0.3 is 29.3 Å². The SMILES string of the molecule is CCCCc1oc2cc3c(N)c(c2c1C(=O)c1ccc(OCCCN(CCCC)CCCC)cc1)OC(=O)C(=O)O3. The van der Waals surface area contributed by atoms with E-state index in [1.165, 1.54) is 31.7 Å². The number of hydrogen-bond donors (Lipinski definition) is 1. The van der Waals surface area contributed by atoms with Gasteiger partial charge in [0.2, 0.25) is 0 Å². The lowest BCUT2D eigenvalue weighted by Gasteiger charge is -2.21. The largest absolute Gasteiger partial charge is 0.494 e. The number of nitrogens with two attached hydrogens (primary N) is 1. The number of hydrogen-bond acceptors (Lipinski definition) is 9. The molecule has 0 fully saturated rings. The molecule has 9 heteroatoms. The van der Waals surface area contributed by atoms with Crippen molar-refractivity contribution in [3.63, 3.8) is 0 Å². The number of benzene rings is 2. The van der Waals surface area contributed by atoms with E-state index in [1.54, 1.807) is 24.3 Å². The van der Waals surface area contributed by atoms with Crippen LogP contribution in [0.2, 0.25) is 0 Å². The van der Waals surface area contributed by atoms with Crippen molar-refractivity contribution in [3.05, 3.63) is 47.2 Å². The number of ether oxygens (including phenoxy) is 3. The fourth-order valence-corrected chi connectivity index (χ4v) is 4.91. The van der Waals surface area contributed by atoms with E-state index in [2.05, 4.69) is 18.7 Å². The van der Waals surface area contributed by atoms with Crippen LogP contribution in [-0.2, 0) is 16.0 Å². The van der Waals surface area contributed by atoms with Gasteiger partial charge >= 0.3 is 11.9 Å². The molecule has 0 radical (unpaired) electrons. The van der Waals surface area contributed by atoms with Crippen LogP contribution in [-0.4, -0.2) is 48.9 Å². The summed E-state index contributed by atoms with van der Waals surface area (Å²) >= 11 is 0. The molecule has 4 rings (SSSR count). The Kier molecular flexibility index (Phi) is 10.4. The third-order valence-electron chi connectivity index (χ3n) is 7.22. The summed E-state index contributed by atoms with van der Waals surface area (Å²) in [5.74, 6) is -1.71. The Labute approximate surface area is 240 Å². The van der Waals surface area contributed by atoms with Crippen LogP contribution in [0.3, 0.4) is 0 Å². The molecular weight excluding hydrogens is 524 g/mol. The first-order valence-corrected chi connectivity index (χ1v) is 14.7. The highest BCUT2D eigenvalue weighted by atomic mass is 16.6. The van der Waals surface area contributed by atoms with Gasteiger partial charge in [-0.05, 0) is 63.0 Å². The van der Waals surface area contributed by atoms with Crippen LogP contribution in [0.15, 0.2) is 34.7 Å². The van der Waals surface area contributed by atoms with Gasteiger partial charge in [0.25, 0.3) is 0 Å². The standard InChI is InChI=1S/C32H40N2O7/c1-4-7-11-23-26(27-24(39-23)20-25-28(33)30(27)41-32(37)31(36)40-25)29(35)21-12-14-22(15-13-21)38-19-10-18-34(16-8-5-2)17-9-6-3/h12-15,20H,4-11,16-19,33H2,1-3H3. The summed E-state index contributed by atoms with van der Waals surface area (Å²) in [6.07, 6.45) is 7.88. The monoisotopic (exact) mass is 564 g/mol. The number of rotatable bonds is 16. The maximum absolute atomic E-state index is 13.9. The van der Waals surface area contributed by atoms with Crippen molar-refractivity contribution < 1.29 is 33.0 Å². The molecular formula is C32H40N2O7. The maximum atomic E-state index is 13.9. The predicted molar refractivity (Wildman–Crippen MR) is 157 cm³/mol. The van der Waals surface area contributed by atoms with E-state index in [0.29, 0.717) is 30.1 Å². The molecule has 2 aromatic carbocycles. The fourth-order valence-electron chi connectivity index (χ4n) is 4.91. The first kappa shape index (κ1) is 30.1. The zero-order chi connectivity index (χ0) is 29.4. The number of fused-ring (bicyclic) bond motifs is 4. The Morgan fingerprint density at radius 3 is 2.17 bits per heavy atom. The number of nitrogens with zero attached hydrogens (tertiary/aromatic N) is 1. The molecule has 0 saturated heterocycles. The quantitative estimate of drug-likeness (QED) is 0.0550. The van der Waals surface area contributed by atoms with Crippen molar-refractivity contribution in [1.29, 1.82) is 0 Å². The van der Waals surface area contributed by atoms with E-state index in [-0.39, 0.29) is 39.5 Å². The highest BCUT2D eigenvalue weighted by molar-refractivity contribution is 6.32. The molecule has 1 aliphatic rings. The van der Waals surface area contributed by atoms with Crippen LogP contribution in [0.4, 0.5) is 5.69 Å². The first-order chi connectivity index (χ1) is 19.9. The van der Waals surface area contributed by atoms with Gasteiger partial charge in [-0.15, -0.1) is 0 Å². The zero-order valence-electron chi connectivity index (χ0n) is 24.3. The van der Waals surface area contributed by atoms with Gasteiger partial charge in [0.1, 0.15) is 22.8 Å². The molecule has 1 aliphatic heterocycles. The first-order valence-electron chi connectivity index (χ1n) is 14.7. The molecule has 9 nitrogen and oxygen atoms in total. The lowest BCUT2D eigenvalue weighted by atomic mass is 9.97. The summed E-state index contributed by atoms with van der Waals surface area (Å²) in [6.45, 7) is 10.3. The molecule has 2 N–H and O–H groups in total. The molecule has 0 aliphatic carbocycles. The Hall–Kier alpha value is -3.85. The van der Waals surface area contributed by atoms with Crippen LogP contribution in [0.25, 0.3) is 11.0 Å². The second-order valence-corrected chi connectivity index (χ2v) is 10.4. The van der Waals surface area contributed by atoms with E-state index in [1.807, 2.05) is 6.92 Å². The Balaban J connectivity index is 1.52. The minimum Gasteiger partial charge on any atom is -0.494 e. The van der Waals surface area contributed by atoms with Crippen LogP contribution < -0.4 is 19.9 Å². The number of furan rings is 1. The van der Waals surface area contributed by atoms with E-state index in [9.17, 15) is 14.4 Å². The third-order valence-corrected chi connectivity index (χ3v) is 7.22. The van der Waals surface area contributed by atoms with Crippen LogP contribution >= 0.6 is 0 Å². The zero-order valence-corrected chi connectivity index (χ0v) is 24.3. The average molecular weight is 565 g/mol. The molecule has 0 amide bonds. The van der Waals surface area contributed by atoms with Gasteiger partial charge in [-0.25, -0.2) is 9.59 Å². The van der Waals surface area contributed by atoms with Gasteiger partial charge in [-0.2, -0.15) is 0 Å². The fraction of sp³-hybridized carbons (Fsp3) is 0.469. The summed E-state index contributed by atoms with van der Waals surface area (Å²) in [7, 11) is 0. The van der Waals surface area contributed by atoms with Gasteiger partial charge in [0, 0.05) is 24.6 Å². The highest BCUT2D eigenvalue weighted by Crippen LogP contribution is 2.45. The maximum Gasteiger partial charge on any atom is 0.423 e. The van der Waals surface area contributed by atoms with Crippen LogP contribution in [0.1, 0.15) is 87.4 Å². The molecule has 41 heavy (non-hydrogen) atoms. The van der Waals surface area contributed by atoms with Gasteiger partial charge in [-0.3, -0.25) is 4.79 Å². The average Bonchev–Trinajstić information content (AvgIpc) is 3.31. The second kappa shape index (κ2) is 14.2. The molecule has 1 aromatic heterocycles. The van der Waals surface area contributed by atoms with E-state index >= 15 is 0 Å². The van der Waals surface area contributed by atoms with Crippen LogP contribution in [0, 0.1) is 0 Å². The molecule has 3 aromatic rings. The lowest BCUT2D eigenvalue weighted by Crippen LogP contribution is -2.28. The number of carbonyl (C=O) groups is 3. The highest BCUT2D eigenvalue weighted by Gasteiger charge is 2.34. The van der Waals surface area contributed by atoms with Gasteiger partial charge in [0.05, 0.1) is 17.6 Å². The summed E-state index contributed by atoms with van der Waals surface area (Å²) in [5, 5.41) is 0.255. The van der Waals surface area contributed by atoms with Crippen molar-refractivity contribution in [2.24, 2.45) is 0 Å². The number of esters is 2. The topological polar surface area (TPSA) is 121 Å². The number of anilines is 1. The summed E-state index contributed by atoms with van der Waals surface area (Å²) in [4.78, 5) is 40.5. The van der Waals surface area contributed by atoms with Crippen molar-refractivity contribution in [1.82, 2.24) is 4.90 Å². The molecule has 0 atom stereocenters. The molecule has 2 heterocycles. The molecule has 0 unspecified atom stereocenters. The van der Waals surface area contributed by atoms with Crippen molar-refractivity contribution >= 4 is 34.4 Å².